The molecule has 24 heavy (non-hydrogen) atoms. The minimum absolute atomic E-state index is 0.0144. The molecule has 0 spiro atoms. The van der Waals surface area contributed by atoms with Crippen LogP contribution in [0, 0.1) is 0 Å². The van der Waals surface area contributed by atoms with Crippen molar-refractivity contribution in [1.29, 1.82) is 0 Å². The van der Waals surface area contributed by atoms with Crippen LogP contribution >= 0.6 is 11.8 Å². The van der Waals surface area contributed by atoms with Gasteiger partial charge in [0.25, 0.3) is 0 Å². The van der Waals surface area contributed by atoms with Gasteiger partial charge in [-0.05, 0) is 25.0 Å². The van der Waals surface area contributed by atoms with Crippen LogP contribution in [0.5, 0.6) is 0 Å². The lowest BCUT2D eigenvalue weighted by Gasteiger charge is -2.44. The molecule has 5 nitrogen and oxygen atoms in total. The molecule has 0 N–H and O–H groups in total. The smallest absolute Gasteiger partial charge is 0.243 e. The summed E-state index contributed by atoms with van der Waals surface area (Å²) in [5.74, 6) is 0.463. The van der Waals surface area contributed by atoms with E-state index in [0.29, 0.717) is 18.9 Å². The van der Waals surface area contributed by atoms with Gasteiger partial charge in [-0.25, -0.2) is 0 Å². The standard InChI is InChI=1S/C18H22N2O3S/c21-17(19-9-10-23-15-7-3-1-5-13(15)19)11-20-14-6-2-4-8-16(14)24-12-18(20)22/h2,4,6,8,13,15H,1,3,5,7,9-12H2/t13-,15-/m0/s1. The van der Waals surface area contributed by atoms with E-state index in [1.165, 1.54) is 6.42 Å². The summed E-state index contributed by atoms with van der Waals surface area (Å²) in [5, 5.41) is 0. The number of para-hydroxylation sites is 1. The van der Waals surface area contributed by atoms with Crippen molar-refractivity contribution in [2.24, 2.45) is 0 Å². The fourth-order valence-electron chi connectivity index (χ4n) is 3.96. The molecule has 1 saturated carbocycles. The van der Waals surface area contributed by atoms with Crippen LogP contribution in [0.3, 0.4) is 0 Å². The van der Waals surface area contributed by atoms with Gasteiger partial charge in [0.1, 0.15) is 6.54 Å². The maximum Gasteiger partial charge on any atom is 0.243 e. The molecular weight excluding hydrogens is 324 g/mol. The molecular formula is C18H22N2O3S. The van der Waals surface area contributed by atoms with Gasteiger partial charge >= 0.3 is 0 Å². The van der Waals surface area contributed by atoms with Crippen LogP contribution in [0.1, 0.15) is 25.7 Å². The molecule has 0 bridgehead atoms. The highest BCUT2D eigenvalue weighted by Crippen LogP contribution is 2.35. The molecule has 2 aliphatic heterocycles. The van der Waals surface area contributed by atoms with Gasteiger partial charge in [0.15, 0.2) is 0 Å². The number of benzene rings is 1. The molecule has 4 rings (SSSR count). The first-order valence-electron chi connectivity index (χ1n) is 8.67. The molecule has 2 heterocycles. The number of morpholine rings is 1. The van der Waals surface area contributed by atoms with Crippen LogP contribution in [-0.2, 0) is 14.3 Å². The Bertz CT molecular complexity index is 649. The van der Waals surface area contributed by atoms with Crippen molar-refractivity contribution in [2.75, 3.05) is 30.3 Å². The lowest BCUT2D eigenvalue weighted by Crippen LogP contribution is -2.57. The third kappa shape index (κ3) is 2.93. The van der Waals surface area contributed by atoms with Crippen LogP contribution < -0.4 is 4.90 Å². The number of fused-ring (bicyclic) bond motifs is 2. The summed E-state index contributed by atoms with van der Waals surface area (Å²) in [6, 6.07) is 8.01. The maximum absolute atomic E-state index is 12.9. The summed E-state index contributed by atoms with van der Waals surface area (Å²) < 4.78 is 5.85. The highest BCUT2D eigenvalue weighted by molar-refractivity contribution is 8.00. The van der Waals surface area contributed by atoms with Crippen molar-refractivity contribution in [3.8, 4) is 0 Å². The second-order valence-corrected chi connectivity index (χ2v) is 7.60. The zero-order valence-electron chi connectivity index (χ0n) is 13.6. The molecule has 0 unspecified atom stereocenters. The lowest BCUT2D eigenvalue weighted by atomic mass is 9.90. The summed E-state index contributed by atoms with van der Waals surface area (Å²) >= 11 is 1.55. The predicted molar refractivity (Wildman–Crippen MR) is 93.2 cm³/mol. The number of rotatable bonds is 2. The number of hydrogen-bond acceptors (Lipinski definition) is 4. The van der Waals surface area contributed by atoms with Crippen LogP contribution in [0.25, 0.3) is 0 Å². The highest BCUT2D eigenvalue weighted by atomic mass is 32.2. The molecule has 2 atom stereocenters. The van der Waals surface area contributed by atoms with Gasteiger partial charge in [-0.2, -0.15) is 0 Å². The molecule has 1 saturated heterocycles. The monoisotopic (exact) mass is 346 g/mol. The van der Waals surface area contributed by atoms with Gasteiger partial charge in [-0.15, -0.1) is 11.8 Å². The number of anilines is 1. The van der Waals surface area contributed by atoms with Crippen LogP contribution in [-0.4, -0.2) is 54.3 Å². The normalized spacial score (nSPS) is 26.8. The van der Waals surface area contributed by atoms with Crippen molar-refractivity contribution >= 4 is 29.3 Å². The van der Waals surface area contributed by atoms with Gasteiger partial charge < -0.3 is 14.5 Å². The summed E-state index contributed by atoms with van der Waals surface area (Å²) in [5.41, 5.74) is 0.862. The van der Waals surface area contributed by atoms with Gasteiger partial charge in [0.2, 0.25) is 11.8 Å². The summed E-state index contributed by atoms with van der Waals surface area (Å²) in [6.45, 7) is 1.38. The quantitative estimate of drug-likeness (QED) is 0.824. The van der Waals surface area contributed by atoms with Crippen LogP contribution in [0.4, 0.5) is 5.69 Å². The predicted octanol–water partition coefficient (Wildman–Crippen LogP) is 2.30. The van der Waals surface area contributed by atoms with Gasteiger partial charge in [0.05, 0.1) is 30.2 Å². The largest absolute Gasteiger partial charge is 0.374 e. The van der Waals surface area contributed by atoms with E-state index < -0.39 is 0 Å². The fraction of sp³-hybridized carbons (Fsp3) is 0.556. The van der Waals surface area contributed by atoms with E-state index in [0.717, 1.165) is 29.8 Å². The molecule has 1 aliphatic carbocycles. The first-order valence-corrected chi connectivity index (χ1v) is 9.66. The zero-order chi connectivity index (χ0) is 16.5. The summed E-state index contributed by atoms with van der Waals surface area (Å²) in [7, 11) is 0. The first kappa shape index (κ1) is 16.0. The molecule has 2 fully saturated rings. The number of amides is 2. The van der Waals surface area contributed by atoms with Gasteiger partial charge in [0, 0.05) is 11.4 Å². The maximum atomic E-state index is 12.9. The van der Waals surface area contributed by atoms with E-state index in [2.05, 4.69) is 0 Å². The molecule has 128 valence electrons. The van der Waals surface area contributed by atoms with Gasteiger partial charge in [-0.1, -0.05) is 25.0 Å². The van der Waals surface area contributed by atoms with Crippen LogP contribution in [0.2, 0.25) is 0 Å². The zero-order valence-corrected chi connectivity index (χ0v) is 14.5. The number of hydrogen-bond donors (Lipinski definition) is 0. The Morgan fingerprint density at radius 2 is 2.08 bits per heavy atom. The molecule has 0 radical (unpaired) electrons. The molecule has 3 aliphatic rings. The Hall–Kier alpha value is -1.53. The van der Waals surface area contributed by atoms with E-state index in [1.54, 1.807) is 16.7 Å². The third-order valence-electron chi connectivity index (χ3n) is 5.15. The molecule has 1 aromatic rings. The minimum Gasteiger partial charge on any atom is -0.374 e. The number of carbonyl (C=O) groups excluding carboxylic acids is 2. The topological polar surface area (TPSA) is 49.9 Å². The SMILES string of the molecule is O=C1CSc2ccccc2N1CC(=O)N1CCO[C@H]2CCCC[C@@H]21. The van der Waals surface area contributed by atoms with Crippen LogP contribution in [0.15, 0.2) is 29.2 Å². The third-order valence-corrected chi connectivity index (χ3v) is 6.20. The highest BCUT2D eigenvalue weighted by Gasteiger charge is 2.38. The number of thioether (sulfide) groups is 1. The van der Waals surface area contributed by atoms with E-state index >= 15 is 0 Å². The average Bonchev–Trinajstić information content (AvgIpc) is 2.63. The Kier molecular flexibility index (Phi) is 4.50. The van der Waals surface area contributed by atoms with Gasteiger partial charge in [-0.3, -0.25) is 9.59 Å². The number of ether oxygens (including phenoxy) is 1. The second kappa shape index (κ2) is 6.76. The Morgan fingerprint density at radius 1 is 1.25 bits per heavy atom. The Labute approximate surface area is 146 Å². The van der Waals surface area contributed by atoms with Crippen molar-refractivity contribution in [1.82, 2.24) is 4.90 Å². The Morgan fingerprint density at radius 3 is 3.00 bits per heavy atom. The molecule has 0 aromatic heterocycles. The van der Waals surface area contributed by atoms with E-state index in [9.17, 15) is 9.59 Å². The number of nitrogens with zero attached hydrogens (tertiary/aromatic N) is 2. The Balaban J connectivity index is 1.52. The van der Waals surface area contributed by atoms with Crippen molar-refractivity contribution in [3.63, 3.8) is 0 Å². The van der Waals surface area contributed by atoms with E-state index in [-0.39, 0.29) is 30.5 Å². The van der Waals surface area contributed by atoms with Crippen molar-refractivity contribution in [2.45, 2.75) is 42.7 Å². The number of carbonyl (C=O) groups is 2. The second-order valence-electron chi connectivity index (χ2n) is 6.58. The lowest BCUT2D eigenvalue weighted by molar-refractivity contribution is -0.148. The van der Waals surface area contributed by atoms with Crippen molar-refractivity contribution in [3.05, 3.63) is 24.3 Å². The minimum atomic E-state index is 0.0144. The first-order chi connectivity index (χ1) is 11.7. The molecule has 6 heteroatoms. The summed E-state index contributed by atoms with van der Waals surface area (Å²) in [6.07, 6.45) is 4.55. The van der Waals surface area contributed by atoms with E-state index in [4.69, 9.17) is 4.74 Å². The molecule has 2 amide bonds. The summed E-state index contributed by atoms with van der Waals surface area (Å²) in [4.78, 5) is 30.0. The van der Waals surface area contributed by atoms with Crippen molar-refractivity contribution < 1.29 is 14.3 Å². The molecule has 1 aromatic carbocycles. The fourth-order valence-corrected chi connectivity index (χ4v) is 4.90. The van der Waals surface area contributed by atoms with E-state index in [1.807, 2.05) is 29.2 Å². The average molecular weight is 346 g/mol.